The van der Waals surface area contributed by atoms with Crippen molar-refractivity contribution < 1.29 is 4.39 Å². The molecular weight excluding hydrogens is 509 g/mol. The van der Waals surface area contributed by atoms with Crippen LogP contribution >= 0.6 is 0 Å². The molecule has 41 heavy (non-hydrogen) atoms. The van der Waals surface area contributed by atoms with Gasteiger partial charge in [-0.05, 0) is 98.6 Å². The van der Waals surface area contributed by atoms with E-state index in [1.165, 1.54) is 0 Å². The average molecular weight is 548 g/mol. The van der Waals surface area contributed by atoms with Gasteiger partial charge in [-0.15, -0.1) is 11.7 Å². The van der Waals surface area contributed by atoms with Gasteiger partial charge in [-0.25, -0.2) is 14.4 Å². The van der Waals surface area contributed by atoms with Gasteiger partial charge in [0.25, 0.3) is 0 Å². The van der Waals surface area contributed by atoms with Gasteiger partial charge in [0.2, 0.25) is 0 Å². The first-order chi connectivity index (χ1) is 19.9. The summed E-state index contributed by atoms with van der Waals surface area (Å²) in [5.74, 6) is 6.37. The third-order valence-corrected chi connectivity index (χ3v) is 6.59. The number of aromatic nitrogens is 3. The zero-order valence-corrected chi connectivity index (χ0v) is 24.7. The van der Waals surface area contributed by atoms with Crippen LogP contribution in [0.25, 0.3) is 27.9 Å². The Bertz CT molecular complexity index is 1680. The Balaban J connectivity index is 0.000000868. The second-order valence-corrected chi connectivity index (χ2v) is 9.25. The molecule has 0 radical (unpaired) electrons. The van der Waals surface area contributed by atoms with E-state index in [2.05, 4.69) is 82.5 Å². The molecule has 0 saturated carbocycles. The van der Waals surface area contributed by atoms with Gasteiger partial charge in [-0.1, -0.05) is 45.1 Å². The van der Waals surface area contributed by atoms with Crippen molar-refractivity contribution in [3.05, 3.63) is 114 Å². The zero-order chi connectivity index (χ0) is 30.0. The number of hydrogen-bond acceptors (Lipinski definition) is 4. The number of benzene rings is 2. The maximum Gasteiger partial charge on any atom is 0.178 e. The molecule has 0 saturated heterocycles. The third kappa shape index (κ3) is 6.56. The summed E-state index contributed by atoms with van der Waals surface area (Å²) in [5.41, 5.74) is 10.1. The van der Waals surface area contributed by atoms with Crippen LogP contribution in [0.2, 0.25) is 0 Å². The standard InChI is InChI=1S/C30H28FN5.C3H4.C2H6/c1-5-7-8-9-20(6-2)21-10-11-26-25(17-21)30(3,36-26)29-34-27-24(12-13-33-28(27)35-29)22-14-19(18-32-4)15-23(31)16-22;1-3-2;1-2/h6,8-17,32,36H,18H2,1-4H3,(H,33,34,35);1-2H2;1-2H3/b9-8-,20-6+;;. The highest BCUT2D eigenvalue weighted by Gasteiger charge is 2.42. The third-order valence-electron chi connectivity index (χ3n) is 6.59. The van der Waals surface area contributed by atoms with Crippen LogP contribution in [-0.4, -0.2) is 22.0 Å². The number of halogens is 1. The Morgan fingerprint density at radius 2 is 1.90 bits per heavy atom. The molecule has 0 amide bonds. The van der Waals surface area contributed by atoms with Gasteiger partial charge in [-0.3, -0.25) is 0 Å². The monoisotopic (exact) mass is 547 g/mol. The van der Waals surface area contributed by atoms with Crippen molar-refractivity contribution >= 4 is 22.4 Å². The maximum absolute atomic E-state index is 14.4. The van der Waals surface area contributed by atoms with Gasteiger partial charge in [-0.2, -0.15) is 0 Å². The van der Waals surface area contributed by atoms with E-state index in [0.29, 0.717) is 12.2 Å². The minimum absolute atomic E-state index is 0.268. The Labute approximate surface area is 243 Å². The van der Waals surface area contributed by atoms with Crippen LogP contribution in [0.3, 0.4) is 0 Å². The van der Waals surface area contributed by atoms with Gasteiger partial charge in [0, 0.05) is 29.6 Å². The number of nitrogens with zero attached hydrogens (tertiary/aromatic N) is 2. The smallest absolute Gasteiger partial charge is 0.178 e. The Morgan fingerprint density at radius 3 is 2.59 bits per heavy atom. The predicted molar refractivity (Wildman–Crippen MR) is 171 cm³/mol. The number of aromatic amines is 1. The molecule has 0 aliphatic carbocycles. The number of pyridine rings is 1. The van der Waals surface area contributed by atoms with Crippen LogP contribution in [0, 0.1) is 17.7 Å². The van der Waals surface area contributed by atoms with Crippen molar-refractivity contribution in [3.8, 4) is 23.0 Å². The molecule has 4 aromatic rings. The summed E-state index contributed by atoms with van der Waals surface area (Å²) in [7, 11) is 1.85. The summed E-state index contributed by atoms with van der Waals surface area (Å²) in [4.78, 5) is 12.8. The first-order valence-corrected chi connectivity index (χ1v) is 13.7. The molecule has 5 rings (SSSR count). The predicted octanol–water partition coefficient (Wildman–Crippen LogP) is 8.14. The number of H-pyrrole nitrogens is 1. The molecule has 2 aromatic heterocycles. The molecule has 3 N–H and O–H groups in total. The zero-order valence-electron chi connectivity index (χ0n) is 24.7. The van der Waals surface area contributed by atoms with E-state index in [4.69, 9.17) is 4.98 Å². The highest BCUT2D eigenvalue weighted by atomic mass is 19.1. The average Bonchev–Trinajstić information content (AvgIpc) is 3.41. The summed E-state index contributed by atoms with van der Waals surface area (Å²) in [6, 6.07) is 13.4. The second-order valence-electron chi connectivity index (χ2n) is 9.25. The van der Waals surface area contributed by atoms with Crippen LogP contribution in [0.1, 0.15) is 57.1 Å². The van der Waals surface area contributed by atoms with Gasteiger partial charge in [0.1, 0.15) is 17.2 Å². The van der Waals surface area contributed by atoms with Gasteiger partial charge < -0.3 is 15.6 Å². The summed E-state index contributed by atoms with van der Waals surface area (Å²) < 4.78 is 14.4. The lowest BCUT2D eigenvalue weighted by atomic mass is 9.80. The number of rotatable bonds is 6. The summed E-state index contributed by atoms with van der Waals surface area (Å²) in [6.45, 7) is 16.8. The number of anilines is 1. The Kier molecular flexibility index (Phi) is 10.6. The number of nitrogens with one attached hydrogen (secondary N) is 3. The molecule has 0 spiro atoms. The molecule has 1 unspecified atom stereocenters. The molecule has 5 nitrogen and oxygen atoms in total. The second kappa shape index (κ2) is 14.1. The molecule has 0 fully saturated rings. The van der Waals surface area contributed by atoms with Crippen molar-refractivity contribution in [2.45, 2.75) is 46.7 Å². The fraction of sp³-hybridized carbons (Fsp3) is 0.229. The molecule has 2 aromatic carbocycles. The molecule has 210 valence electrons. The number of allylic oxidation sites excluding steroid dienone is 4. The first kappa shape index (κ1) is 30.8. The fourth-order valence-electron chi connectivity index (χ4n) is 4.78. The van der Waals surface area contributed by atoms with Crippen molar-refractivity contribution in [1.29, 1.82) is 0 Å². The van der Waals surface area contributed by atoms with Crippen molar-refractivity contribution in [3.63, 3.8) is 0 Å². The lowest BCUT2D eigenvalue weighted by Gasteiger charge is -2.42. The Hall–Kier alpha value is -4.69. The molecule has 3 heterocycles. The van der Waals surface area contributed by atoms with E-state index < -0.39 is 5.54 Å². The van der Waals surface area contributed by atoms with Crippen molar-refractivity contribution in [2.75, 3.05) is 12.4 Å². The van der Waals surface area contributed by atoms with E-state index in [1.807, 2.05) is 59.0 Å². The van der Waals surface area contributed by atoms with E-state index in [1.54, 1.807) is 18.3 Å². The lowest BCUT2D eigenvalue weighted by molar-refractivity contribution is 0.575. The SMILES string of the molecule is C=C=C.CC.CC#C/C=C\C(=C/C)c1ccc2c(c1)C(C)(c1nc3nccc(-c4cc(F)cc(CNC)c4)c3[nH]1)N2. The van der Waals surface area contributed by atoms with Gasteiger partial charge in [0.15, 0.2) is 5.65 Å². The minimum Gasteiger partial charge on any atom is -0.369 e. The first-order valence-electron chi connectivity index (χ1n) is 13.7. The topological polar surface area (TPSA) is 65.6 Å². The fourth-order valence-corrected chi connectivity index (χ4v) is 4.78. The number of fused-ring (bicyclic) bond motifs is 2. The molecule has 1 aliphatic rings. The molecule has 6 heteroatoms. The van der Waals surface area contributed by atoms with Crippen LogP contribution < -0.4 is 10.6 Å². The highest BCUT2D eigenvalue weighted by Crippen LogP contribution is 2.46. The van der Waals surface area contributed by atoms with Crippen molar-refractivity contribution in [1.82, 2.24) is 20.3 Å². The number of imidazole rings is 1. The van der Waals surface area contributed by atoms with Crippen LogP contribution in [0.15, 0.2) is 85.8 Å². The highest BCUT2D eigenvalue weighted by molar-refractivity contribution is 5.90. The van der Waals surface area contributed by atoms with Gasteiger partial charge in [0.05, 0.1) is 5.52 Å². The van der Waals surface area contributed by atoms with Crippen molar-refractivity contribution in [2.24, 2.45) is 0 Å². The molecule has 1 aliphatic heterocycles. The quantitative estimate of drug-likeness (QED) is 0.130. The Morgan fingerprint density at radius 1 is 1.15 bits per heavy atom. The van der Waals surface area contributed by atoms with E-state index in [-0.39, 0.29) is 5.82 Å². The van der Waals surface area contributed by atoms with E-state index in [9.17, 15) is 4.39 Å². The summed E-state index contributed by atoms with van der Waals surface area (Å²) in [6.07, 6.45) is 7.70. The normalized spacial score (nSPS) is 15.1. The summed E-state index contributed by atoms with van der Waals surface area (Å²) in [5, 5.41) is 6.64. The molecular formula is C35H38FN5. The largest absolute Gasteiger partial charge is 0.369 e. The number of hydrogen-bond donors (Lipinski definition) is 3. The molecule has 1 atom stereocenters. The van der Waals surface area contributed by atoms with E-state index >= 15 is 0 Å². The summed E-state index contributed by atoms with van der Waals surface area (Å²) >= 11 is 0. The van der Waals surface area contributed by atoms with Crippen LogP contribution in [0.4, 0.5) is 10.1 Å². The molecule has 0 bridgehead atoms. The van der Waals surface area contributed by atoms with Gasteiger partial charge >= 0.3 is 0 Å². The van der Waals surface area contributed by atoms with Crippen LogP contribution in [-0.2, 0) is 12.1 Å². The lowest BCUT2D eigenvalue weighted by Crippen LogP contribution is -2.43. The minimum atomic E-state index is -0.506. The van der Waals surface area contributed by atoms with Crippen LogP contribution in [0.5, 0.6) is 0 Å². The van der Waals surface area contributed by atoms with E-state index in [0.717, 1.165) is 50.4 Å². The maximum atomic E-state index is 14.4.